The third-order valence-corrected chi connectivity index (χ3v) is 5.98. The number of rotatable bonds is 9. The summed E-state index contributed by atoms with van der Waals surface area (Å²) < 4.78 is 11.5. The largest absolute Gasteiger partial charge is 0.457 e. The molecule has 0 fully saturated rings. The lowest BCUT2D eigenvalue weighted by atomic mass is 9.98. The molecule has 0 aliphatic rings. The van der Waals surface area contributed by atoms with E-state index in [4.69, 9.17) is 9.15 Å². The summed E-state index contributed by atoms with van der Waals surface area (Å²) in [5.41, 5.74) is 1.91. The molecule has 4 aromatic rings. The monoisotopic (exact) mass is 459 g/mol. The molecule has 1 aromatic heterocycles. The van der Waals surface area contributed by atoms with E-state index in [0.29, 0.717) is 29.0 Å². The summed E-state index contributed by atoms with van der Waals surface area (Å²) in [6.45, 7) is 3.93. The summed E-state index contributed by atoms with van der Waals surface area (Å²) >= 11 is 1.24. The summed E-state index contributed by atoms with van der Waals surface area (Å²) in [7, 11) is 0. The molecule has 0 saturated heterocycles. The molecule has 3 aromatic carbocycles. The molecule has 1 heterocycles. The van der Waals surface area contributed by atoms with Gasteiger partial charge in [0.2, 0.25) is 11.8 Å². The minimum absolute atomic E-state index is 0.144. The van der Waals surface area contributed by atoms with E-state index >= 15 is 0 Å². The summed E-state index contributed by atoms with van der Waals surface area (Å²) in [5.74, 6) is 2.14. The average molecular weight is 460 g/mol. The highest BCUT2D eigenvalue weighted by molar-refractivity contribution is 8.00. The molecule has 0 aliphatic carbocycles. The molecule has 0 bridgehead atoms. The van der Waals surface area contributed by atoms with Gasteiger partial charge in [0.1, 0.15) is 11.5 Å². The van der Waals surface area contributed by atoms with Gasteiger partial charge < -0.3 is 14.5 Å². The van der Waals surface area contributed by atoms with Crippen LogP contribution in [0.2, 0.25) is 0 Å². The zero-order valence-corrected chi connectivity index (χ0v) is 19.3. The van der Waals surface area contributed by atoms with Crippen molar-refractivity contribution in [3.8, 4) is 11.5 Å². The zero-order valence-electron chi connectivity index (χ0n) is 18.5. The number of anilines is 1. The number of nitrogens with zero attached hydrogens (tertiary/aromatic N) is 2. The number of hydrogen-bond acceptors (Lipinski definition) is 6. The first-order valence-corrected chi connectivity index (χ1v) is 11.6. The lowest BCUT2D eigenvalue weighted by Crippen LogP contribution is -2.22. The molecular weight excluding hydrogens is 434 g/mol. The van der Waals surface area contributed by atoms with E-state index < -0.39 is 5.25 Å². The molecule has 2 unspecified atom stereocenters. The number of aromatic nitrogens is 2. The number of para-hydroxylation sites is 1. The number of ether oxygens (including phenoxy) is 1. The Balaban J connectivity index is 1.28. The number of benzene rings is 3. The Morgan fingerprint density at radius 3 is 2.24 bits per heavy atom. The fraction of sp³-hybridized carbons (Fsp3) is 0.192. The van der Waals surface area contributed by atoms with Gasteiger partial charge in [0, 0.05) is 12.1 Å². The molecule has 7 heteroatoms. The van der Waals surface area contributed by atoms with Crippen LogP contribution in [0.15, 0.2) is 94.6 Å². The Kier molecular flexibility index (Phi) is 7.42. The lowest BCUT2D eigenvalue weighted by Gasteiger charge is -2.11. The van der Waals surface area contributed by atoms with Crippen molar-refractivity contribution in [1.29, 1.82) is 0 Å². The van der Waals surface area contributed by atoms with Gasteiger partial charge in [-0.1, -0.05) is 67.2 Å². The normalized spacial score (nSPS) is 12.7. The van der Waals surface area contributed by atoms with Gasteiger partial charge in [0.05, 0.1) is 5.25 Å². The molecule has 0 radical (unpaired) electrons. The van der Waals surface area contributed by atoms with Crippen molar-refractivity contribution in [3.05, 3.63) is 96.4 Å². The predicted molar refractivity (Wildman–Crippen MR) is 130 cm³/mol. The zero-order chi connectivity index (χ0) is 23.0. The van der Waals surface area contributed by atoms with Crippen molar-refractivity contribution in [3.63, 3.8) is 0 Å². The summed E-state index contributed by atoms with van der Waals surface area (Å²) in [6, 6.07) is 27.0. The molecule has 4 rings (SSSR count). The van der Waals surface area contributed by atoms with Gasteiger partial charge in [-0.3, -0.25) is 4.79 Å². The molecule has 0 saturated carbocycles. The van der Waals surface area contributed by atoms with Gasteiger partial charge in [-0.25, -0.2) is 0 Å². The lowest BCUT2D eigenvalue weighted by molar-refractivity contribution is -0.115. The fourth-order valence-electron chi connectivity index (χ4n) is 3.21. The number of carbonyl (C=O) groups is 1. The maximum atomic E-state index is 12.6. The van der Waals surface area contributed by atoms with E-state index in [9.17, 15) is 4.79 Å². The maximum Gasteiger partial charge on any atom is 0.277 e. The van der Waals surface area contributed by atoms with E-state index in [1.54, 1.807) is 0 Å². The quantitative estimate of drug-likeness (QED) is 0.295. The van der Waals surface area contributed by atoms with Gasteiger partial charge in [-0.2, -0.15) is 0 Å². The van der Waals surface area contributed by atoms with Crippen LogP contribution in [-0.2, 0) is 11.2 Å². The van der Waals surface area contributed by atoms with Crippen LogP contribution in [0, 0.1) is 0 Å². The summed E-state index contributed by atoms with van der Waals surface area (Å²) in [6.07, 6.45) is 0.648. The van der Waals surface area contributed by atoms with E-state index in [0.717, 1.165) is 5.75 Å². The van der Waals surface area contributed by atoms with Crippen LogP contribution in [0.25, 0.3) is 0 Å². The minimum Gasteiger partial charge on any atom is -0.457 e. The standard InChI is InChI=1S/C26H25N3O3S/c1-18(20-9-5-3-6-10-20)17-24-28-29-26(32-24)33-19(2)25(30)27-21-13-15-23(16-14-21)31-22-11-7-4-8-12-22/h3-16,18-19H,17H2,1-2H3,(H,27,30). The Bertz CT molecular complexity index is 1160. The number of hydrogen-bond donors (Lipinski definition) is 1. The van der Waals surface area contributed by atoms with E-state index in [-0.39, 0.29) is 11.8 Å². The summed E-state index contributed by atoms with van der Waals surface area (Å²) in [4.78, 5) is 12.6. The van der Waals surface area contributed by atoms with Crippen molar-refractivity contribution in [2.45, 2.75) is 36.7 Å². The van der Waals surface area contributed by atoms with Gasteiger partial charge in [0.25, 0.3) is 5.22 Å². The van der Waals surface area contributed by atoms with Crippen LogP contribution in [0.4, 0.5) is 5.69 Å². The first-order chi connectivity index (χ1) is 16.1. The second-order valence-electron chi connectivity index (χ2n) is 7.67. The fourth-order valence-corrected chi connectivity index (χ4v) is 3.91. The smallest absolute Gasteiger partial charge is 0.277 e. The van der Waals surface area contributed by atoms with E-state index in [2.05, 4.69) is 34.6 Å². The molecule has 1 N–H and O–H groups in total. The molecule has 168 valence electrons. The molecule has 33 heavy (non-hydrogen) atoms. The summed E-state index contributed by atoms with van der Waals surface area (Å²) in [5, 5.41) is 11.1. The predicted octanol–water partition coefficient (Wildman–Crippen LogP) is 6.33. The molecule has 0 aliphatic heterocycles. The van der Waals surface area contributed by atoms with Crippen LogP contribution < -0.4 is 10.1 Å². The second-order valence-corrected chi connectivity index (χ2v) is 8.96. The molecule has 2 atom stereocenters. The highest BCUT2D eigenvalue weighted by atomic mass is 32.2. The Hall–Kier alpha value is -3.58. The topological polar surface area (TPSA) is 77.2 Å². The first-order valence-electron chi connectivity index (χ1n) is 10.7. The van der Waals surface area contributed by atoms with Crippen molar-refractivity contribution in [1.82, 2.24) is 10.2 Å². The van der Waals surface area contributed by atoms with Crippen molar-refractivity contribution < 1.29 is 13.9 Å². The molecule has 0 spiro atoms. The highest BCUT2D eigenvalue weighted by Crippen LogP contribution is 2.27. The van der Waals surface area contributed by atoms with Gasteiger partial charge >= 0.3 is 0 Å². The van der Waals surface area contributed by atoms with E-state index in [1.165, 1.54) is 17.3 Å². The number of nitrogens with one attached hydrogen (secondary N) is 1. The number of carbonyl (C=O) groups excluding carboxylic acids is 1. The maximum absolute atomic E-state index is 12.6. The SMILES string of the molecule is CC(Sc1nnc(CC(C)c2ccccc2)o1)C(=O)Nc1ccc(Oc2ccccc2)cc1. The Morgan fingerprint density at radius 1 is 0.909 bits per heavy atom. The van der Waals surface area contributed by atoms with Crippen LogP contribution in [0.5, 0.6) is 11.5 Å². The van der Waals surface area contributed by atoms with Crippen LogP contribution in [-0.4, -0.2) is 21.4 Å². The van der Waals surface area contributed by atoms with Gasteiger partial charge in [0.15, 0.2) is 0 Å². The van der Waals surface area contributed by atoms with Crippen LogP contribution in [0.3, 0.4) is 0 Å². The average Bonchev–Trinajstić information content (AvgIpc) is 3.28. The van der Waals surface area contributed by atoms with Crippen LogP contribution >= 0.6 is 11.8 Å². The van der Waals surface area contributed by atoms with E-state index in [1.807, 2.05) is 79.7 Å². The molecule has 1 amide bonds. The number of thioether (sulfide) groups is 1. The molecular formula is C26H25N3O3S. The third-order valence-electron chi connectivity index (χ3n) is 5.05. The highest BCUT2D eigenvalue weighted by Gasteiger charge is 2.19. The third kappa shape index (κ3) is 6.46. The Morgan fingerprint density at radius 2 is 1.55 bits per heavy atom. The first kappa shape index (κ1) is 22.6. The van der Waals surface area contributed by atoms with Gasteiger partial charge in [-0.15, -0.1) is 10.2 Å². The van der Waals surface area contributed by atoms with Crippen molar-refractivity contribution in [2.75, 3.05) is 5.32 Å². The minimum atomic E-state index is -0.398. The van der Waals surface area contributed by atoms with Gasteiger partial charge in [-0.05, 0) is 54.8 Å². The van der Waals surface area contributed by atoms with Crippen molar-refractivity contribution in [2.24, 2.45) is 0 Å². The second kappa shape index (κ2) is 10.8. The molecule has 6 nitrogen and oxygen atoms in total. The van der Waals surface area contributed by atoms with Crippen LogP contribution in [0.1, 0.15) is 31.2 Å². The Labute approximate surface area is 197 Å². The van der Waals surface area contributed by atoms with Crippen molar-refractivity contribution >= 4 is 23.4 Å². The number of amides is 1.